The molecule has 1 atom stereocenters. The highest BCUT2D eigenvalue weighted by Gasteiger charge is 2.37. The van der Waals surface area contributed by atoms with E-state index in [9.17, 15) is 19.2 Å². The van der Waals surface area contributed by atoms with Crippen LogP contribution in [-0.4, -0.2) is 29.7 Å². The zero-order valence-electron chi connectivity index (χ0n) is 27.0. The Hall–Kier alpha value is -5.82. The Morgan fingerprint density at radius 1 is 0.667 bits per heavy atom. The quantitative estimate of drug-likeness (QED) is 0.0817. The van der Waals surface area contributed by atoms with Gasteiger partial charge in [-0.3, -0.25) is 14.4 Å². The number of esters is 1. The summed E-state index contributed by atoms with van der Waals surface area (Å²) < 4.78 is 11.7. The fourth-order valence-corrected chi connectivity index (χ4v) is 5.85. The maximum Gasteiger partial charge on any atom is 0.338 e. The molecule has 1 unspecified atom stereocenters. The van der Waals surface area contributed by atoms with Crippen molar-refractivity contribution in [2.75, 3.05) is 4.90 Å². The van der Waals surface area contributed by atoms with E-state index < -0.39 is 23.9 Å². The van der Waals surface area contributed by atoms with Crippen LogP contribution in [0.4, 0.5) is 5.69 Å². The molecular formula is C41H35NO6. The average Bonchev–Trinajstić information content (AvgIpc) is 3.37. The molecule has 2 amide bonds. The summed E-state index contributed by atoms with van der Waals surface area (Å²) in [7, 11) is 0. The van der Waals surface area contributed by atoms with Crippen LogP contribution in [0.25, 0.3) is 0 Å². The van der Waals surface area contributed by atoms with Crippen LogP contribution in [0.2, 0.25) is 0 Å². The first-order valence-corrected chi connectivity index (χ1v) is 15.9. The molecule has 48 heavy (non-hydrogen) atoms. The van der Waals surface area contributed by atoms with Gasteiger partial charge in [-0.2, -0.15) is 0 Å². The number of nitrogens with zero attached hydrogens (tertiary/aromatic N) is 1. The lowest BCUT2D eigenvalue weighted by atomic mass is 9.78. The fourth-order valence-electron chi connectivity index (χ4n) is 5.85. The van der Waals surface area contributed by atoms with Crippen LogP contribution in [-0.2, 0) is 10.2 Å². The molecule has 0 aliphatic carbocycles. The highest BCUT2D eigenvalue weighted by Crippen LogP contribution is 2.34. The second kappa shape index (κ2) is 13.5. The summed E-state index contributed by atoms with van der Waals surface area (Å²) in [6.45, 7) is 6.26. The summed E-state index contributed by atoms with van der Waals surface area (Å²) in [5, 5.41) is 0. The highest BCUT2D eigenvalue weighted by molar-refractivity contribution is 6.34. The number of ether oxygens (including phenoxy) is 2. The zero-order valence-corrected chi connectivity index (χ0v) is 27.0. The van der Waals surface area contributed by atoms with Crippen LogP contribution in [0, 0.1) is 0 Å². The first-order chi connectivity index (χ1) is 23.2. The van der Waals surface area contributed by atoms with Gasteiger partial charge in [-0.15, -0.1) is 0 Å². The van der Waals surface area contributed by atoms with Gasteiger partial charge in [0.1, 0.15) is 11.5 Å². The number of hydrogen-bond acceptors (Lipinski definition) is 6. The summed E-state index contributed by atoms with van der Waals surface area (Å²) in [6, 6.07) is 37.8. The number of imide groups is 1. The van der Waals surface area contributed by atoms with Gasteiger partial charge < -0.3 is 9.47 Å². The van der Waals surface area contributed by atoms with E-state index in [1.807, 2.05) is 49.4 Å². The third-order valence-corrected chi connectivity index (χ3v) is 8.68. The second-order valence-electron chi connectivity index (χ2n) is 12.2. The average molecular weight is 638 g/mol. The molecule has 0 saturated heterocycles. The van der Waals surface area contributed by atoms with Crippen LogP contribution in [0.15, 0.2) is 127 Å². The highest BCUT2D eigenvalue weighted by atomic mass is 16.5. The van der Waals surface area contributed by atoms with Crippen LogP contribution in [0.1, 0.15) is 86.2 Å². The number of benzene rings is 5. The standard InChI is InChI=1S/C41H35NO6/c1-4-11-36(37(43)27-12-7-5-8-13-27)48-40(46)28-16-25-34-35(26-28)39(45)42(38(34)44)31-19-23-33(24-20-31)47-32-21-17-30(18-22-32)41(2,3)29-14-9-6-10-15-29/h5-10,12-26,36H,4,11H2,1-3H3. The Morgan fingerprint density at radius 3 is 1.85 bits per heavy atom. The van der Waals surface area contributed by atoms with Crippen molar-refractivity contribution in [3.63, 3.8) is 0 Å². The molecule has 0 fully saturated rings. The Balaban J connectivity index is 1.13. The van der Waals surface area contributed by atoms with Crippen molar-refractivity contribution in [2.45, 2.75) is 45.1 Å². The maximum absolute atomic E-state index is 13.5. The van der Waals surface area contributed by atoms with E-state index >= 15 is 0 Å². The molecule has 0 radical (unpaired) electrons. The summed E-state index contributed by atoms with van der Waals surface area (Å²) in [4.78, 5) is 54.0. The fraction of sp³-hybridized carbons (Fsp3) is 0.171. The molecule has 5 aromatic rings. The van der Waals surface area contributed by atoms with E-state index in [1.54, 1.807) is 54.6 Å². The molecule has 1 aliphatic heterocycles. The van der Waals surface area contributed by atoms with Crippen molar-refractivity contribution in [3.05, 3.63) is 161 Å². The Kier molecular flexibility index (Phi) is 9.04. The molecule has 0 bridgehead atoms. The second-order valence-corrected chi connectivity index (χ2v) is 12.2. The first kappa shape index (κ1) is 32.1. The number of rotatable bonds is 11. The summed E-state index contributed by atoms with van der Waals surface area (Å²) >= 11 is 0. The summed E-state index contributed by atoms with van der Waals surface area (Å²) in [5.41, 5.74) is 3.37. The van der Waals surface area contributed by atoms with Gasteiger partial charge in [-0.05, 0) is 72.1 Å². The number of hydrogen-bond donors (Lipinski definition) is 0. The number of carbonyl (C=O) groups excluding carboxylic acids is 4. The van der Waals surface area contributed by atoms with Crippen molar-refractivity contribution in [3.8, 4) is 11.5 Å². The molecule has 5 aromatic carbocycles. The monoisotopic (exact) mass is 637 g/mol. The van der Waals surface area contributed by atoms with Crippen molar-refractivity contribution < 1.29 is 28.7 Å². The molecule has 0 spiro atoms. The molecule has 6 rings (SSSR count). The lowest BCUT2D eigenvalue weighted by Gasteiger charge is -2.26. The van der Waals surface area contributed by atoms with Crippen molar-refractivity contribution in [1.82, 2.24) is 0 Å². The number of fused-ring (bicyclic) bond motifs is 1. The number of amides is 2. The van der Waals surface area contributed by atoms with Crippen molar-refractivity contribution in [2.24, 2.45) is 0 Å². The maximum atomic E-state index is 13.5. The molecule has 7 heteroatoms. The van der Waals surface area contributed by atoms with Gasteiger partial charge >= 0.3 is 5.97 Å². The molecular weight excluding hydrogens is 602 g/mol. The van der Waals surface area contributed by atoms with Crippen LogP contribution in [0.5, 0.6) is 11.5 Å². The largest absolute Gasteiger partial charge is 0.457 e. The number of Topliss-reactive ketones (excluding diaryl/α,β-unsaturated/α-hetero) is 1. The Bertz CT molecular complexity index is 1970. The first-order valence-electron chi connectivity index (χ1n) is 15.9. The molecule has 1 aliphatic rings. The van der Waals surface area contributed by atoms with E-state index in [4.69, 9.17) is 9.47 Å². The van der Waals surface area contributed by atoms with E-state index in [1.165, 1.54) is 23.8 Å². The molecule has 0 aromatic heterocycles. The van der Waals surface area contributed by atoms with E-state index in [0.29, 0.717) is 35.6 Å². The molecule has 240 valence electrons. The minimum atomic E-state index is -0.966. The SMILES string of the molecule is CCCC(OC(=O)c1ccc2c(c1)C(=O)N(c1ccc(Oc3ccc(C(C)(C)c4ccccc4)cc3)cc1)C2=O)C(=O)c1ccccc1. The lowest BCUT2D eigenvalue weighted by molar-refractivity contribution is 0.0266. The van der Waals surface area contributed by atoms with Crippen LogP contribution in [0.3, 0.4) is 0 Å². The minimum Gasteiger partial charge on any atom is -0.457 e. The molecule has 1 heterocycles. The normalized spacial score (nSPS) is 13.2. The molecule has 7 nitrogen and oxygen atoms in total. The van der Waals surface area contributed by atoms with Crippen molar-refractivity contribution >= 4 is 29.3 Å². The van der Waals surface area contributed by atoms with E-state index in [2.05, 4.69) is 26.0 Å². The third kappa shape index (κ3) is 6.40. The van der Waals surface area contributed by atoms with Crippen LogP contribution >= 0.6 is 0 Å². The minimum absolute atomic E-state index is 0.0839. The third-order valence-electron chi connectivity index (χ3n) is 8.68. The van der Waals surface area contributed by atoms with Gasteiger partial charge in [0.15, 0.2) is 6.10 Å². The van der Waals surface area contributed by atoms with Gasteiger partial charge in [-0.1, -0.05) is 100.0 Å². The number of carbonyl (C=O) groups is 4. The predicted molar refractivity (Wildman–Crippen MR) is 184 cm³/mol. The van der Waals surface area contributed by atoms with E-state index in [0.717, 1.165) is 10.5 Å². The topological polar surface area (TPSA) is 90.0 Å². The van der Waals surface area contributed by atoms with Crippen molar-refractivity contribution in [1.29, 1.82) is 0 Å². The van der Waals surface area contributed by atoms with Gasteiger partial charge in [-0.25, -0.2) is 9.69 Å². The molecule has 0 saturated carbocycles. The lowest BCUT2D eigenvalue weighted by Crippen LogP contribution is -2.29. The zero-order chi connectivity index (χ0) is 33.8. The van der Waals surface area contributed by atoms with Gasteiger partial charge in [0.05, 0.1) is 22.4 Å². The van der Waals surface area contributed by atoms with E-state index in [-0.39, 0.29) is 27.9 Å². The number of ketones is 1. The predicted octanol–water partition coefficient (Wildman–Crippen LogP) is 8.81. The molecule has 0 N–H and O–H groups in total. The Morgan fingerprint density at radius 2 is 1.23 bits per heavy atom. The summed E-state index contributed by atoms with van der Waals surface area (Å²) in [6.07, 6.45) is 0.0191. The van der Waals surface area contributed by atoms with Gasteiger partial charge in [0.2, 0.25) is 5.78 Å². The van der Waals surface area contributed by atoms with Gasteiger partial charge in [0.25, 0.3) is 11.8 Å². The summed E-state index contributed by atoms with van der Waals surface area (Å²) in [5.74, 6) is -0.883. The van der Waals surface area contributed by atoms with Gasteiger partial charge in [0, 0.05) is 11.0 Å². The Labute approximate surface area is 279 Å². The number of anilines is 1. The smallest absolute Gasteiger partial charge is 0.338 e. The van der Waals surface area contributed by atoms with Crippen LogP contribution < -0.4 is 9.64 Å².